The molecule has 1 aromatic heterocycles. The highest BCUT2D eigenvalue weighted by molar-refractivity contribution is 9.10. The number of nitrogen functional groups attached to an aromatic ring is 1. The number of hydrogen-bond acceptors (Lipinski definition) is 3. The molecule has 2 aromatic rings. The lowest BCUT2D eigenvalue weighted by molar-refractivity contribution is 0.527. The highest BCUT2D eigenvalue weighted by atomic mass is 79.9. The Labute approximate surface area is 112 Å². The van der Waals surface area contributed by atoms with Crippen LogP contribution in [0.4, 0.5) is 0 Å². The number of benzene rings is 1. The van der Waals surface area contributed by atoms with Crippen LogP contribution in [0.25, 0.3) is 0 Å². The quantitative estimate of drug-likeness (QED) is 0.669. The fraction of sp³-hybridized carbons (Fsp3) is 0.0833. The number of halogens is 1. The Morgan fingerprint density at radius 2 is 2.12 bits per heavy atom. The Hall–Kier alpha value is -1.20. The second-order valence-corrected chi connectivity index (χ2v) is 5.44. The molecule has 0 amide bonds. The highest BCUT2D eigenvalue weighted by Gasteiger charge is 2.08. The van der Waals surface area contributed by atoms with E-state index in [0.29, 0.717) is 5.56 Å². The summed E-state index contributed by atoms with van der Waals surface area (Å²) in [5.41, 5.74) is 6.15. The third-order valence-corrected chi connectivity index (χ3v) is 4.41. The maximum Gasteiger partial charge on any atom is 0.122 e. The molecule has 2 rings (SSSR count). The first kappa shape index (κ1) is 12.3. The molecule has 5 heteroatoms. The van der Waals surface area contributed by atoms with Gasteiger partial charge in [0, 0.05) is 14.9 Å². The van der Waals surface area contributed by atoms with Gasteiger partial charge >= 0.3 is 0 Å². The van der Waals surface area contributed by atoms with E-state index in [1.807, 2.05) is 31.2 Å². The van der Waals surface area contributed by atoms with Crippen LogP contribution in [0.5, 0.6) is 0 Å². The second-order valence-electron chi connectivity index (χ2n) is 3.50. The maximum atomic E-state index is 7.37. The normalized spacial score (nSPS) is 10.5. The van der Waals surface area contributed by atoms with Crippen LogP contribution in [0.3, 0.4) is 0 Å². The molecule has 1 aromatic carbocycles. The Morgan fingerprint density at radius 3 is 2.65 bits per heavy atom. The smallest absolute Gasteiger partial charge is 0.122 e. The largest absolute Gasteiger partial charge is 0.468 e. The number of furan rings is 1. The van der Waals surface area contributed by atoms with Crippen LogP contribution in [0.1, 0.15) is 11.3 Å². The van der Waals surface area contributed by atoms with Gasteiger partial charge in [0.15, 0.2) is 0 Å². The van der Waals surface area contributed by atoms with E-state index < -0.39 is 0 Å². The van der Waals surface area contributed by atoms with E-state index in [-0.39, 0.29) is 5.84 Å². The number of amidine groups is 1. The van der Waals surface area contributed by atoms with Crippen molar-refractivity contribution >= 4 is 33.5 Å². The van der Waals surface area contributed by atoms with Gasteiger partial charge in [-0.3, -0.25) is 5.41 Å². The molecule has 0 aliphatic carbocycles. The van der Waals surface area contributed by atoms with Crippen LogP contribution < -0.4 is 5.73 Å². The molecular weight excluding hydrogens is 300 g/mol. The number of aryl methyl sites for hydroxylation is 1. The Balaban J connectivity index is 2.29. The summed E-state index contributed by atoms with van der Waals surface area (Å²) in [4.78, 5) is 2.15. The zero-order valence-corrected chi connectivity index (χ0v) is 11.6. The molecule has 0 saturated heterocycles. The molecule has 88 valence electrons. The average molecular weight is 311 g/mol. The number of rotatable bonds is 3. The van der Waals surface area contributed by atoms with Gasteiger partial charge in [-0.05, 0) is 41.1 Å². The molecule has 17 heavy (non-hydrogen) atoms. The summed E-state index contributed by atoms with van der Waals surface area (Å²) in [6.45, 7) is 1.93. The second kappa shape index (κ2) is 4.98. The fourth-order valence-corrected chi connectivity index (χ4v) is 2.82. The van der Waals surface area contributed by atoms with E-state index in [1.54, 1.807) is 18.0 Å². The van der Waals surface area contributed by atoms with Crippen molar-refractivity contribution in [1.82, 2.24) is 0 Å². The van der Waals surface area contributed by atoms with Crippen molar-refractivity contribution in [2.75, 3.05) is 0 Å². The van der Waals surface area contributed by atoms with E-state index in [2.05, 4.69) is 15.9 Å². The number of hydrogen-bond donors (Lipinski definition) is 2. The molecule has 0 radical (unpaired) electrons. The van der Waals surface area contributed by atoms with Gasteiger partial charge in [-0.25, -0.2) is 0 Å². The van der Waals surface area contributed by atoms with Gasteiger partial charge in [0.05, 0.1) is 11.2 Å². The predicted molar refractivity (Wildman–Crippen MR) is 72.7 cm³/mol. The molecule has 0 aliphatic heterocycles. The summed E-state index contributed by atoms with van der Waals surface area (Å²) in [5.74, 6) is 0.972. The van der Waals surface area contributed by atoms with Crippen LogP contribution in [0.15, 0.2) is 49.2 Å². The van der Waals surface area contributed by atoms with Gasteiger partial charge in [0.2, 0.25) is 0 Å². The summed E-state index contributed by atoms with van der Waals surface area (Å²) in [6.07, 6.45) is 1.68. The van der Waals surface area contributed by atoms with Crippen molar-refractivity contribution in [3.63, 3.8) is 0 Å². The van der Waals surface area contributed by atoms with E-state index in [4.69, 9.17) is 15.6 Å². The molecule has 0 atom stereocenters. The standard InChI is InChI=1S/C12H11BrN2OS/c1-7-10(4-5-16-7)17-11-3-2-8(12(14)15)6-9(11)13/h2-6H,1H3,(H3,14,15). The summed E-state index contributed by atoms with van der Waals surface area (Å²) in [7, 11) is 0. The van der Waals surface area contributed by atoms with Crippen LogP contribution in [-0.2, 0) is 0 Å². The summed E-state index contributed by atoms with van der Waals surface area (Å²) in [6, 6.07) is 7.56. The van der Waals surface area contributed by atoms with Crippen molar-refractivity contribution in [2.45, 2.75) is 16.7 Å². The van der Waals surface area contributed by atoms with Crippen molar-refractivity contribution in [3.8, 4) is 0 Å². The van der Waals surface area contributed by atoms with Crippen molar-refractivity contribution < 1.29 is 4.42 Å². The summed E-state index contributed by atoms with van der Waals surface area (Å²) >= 11 is 5.10. The number of nitrogens with two attached hydrogens (primary N) is 1. The zero-order chi connectivity index (χ0) is 12.4. The first-order valence-electron chi connectivity index (χ1n) is 4.94. The molecule has 0 unspecified atom stereocenters. The first-order chi connectivity index (χ1) is 8.08. The van der Waals surface area contributed by atoms with E-state index in [1.165, 1.54) is 0 Å². The van der Waals surface area contributed by atoms with Gasteiger partial charge in [-0.2, -0.15) is 0 Å². The monoisotopic (exact) mass is 310 g/mol. The maximum absolute atomic E-state index is 7.37. The summed E-state index contributed by atoms with van der Waals surface area (Å²) < 4.78 is 6.17. The molecule has 3 N–H and O–H groups in total. The van der Waals surface area contributed by atoms with Crippen LogP contribution in [-0.4, -0.2) is 5.84 Å². The van der Waals surface area contributed by atoms with Gasteiger partial charge in [0.25, 0.3) is 0 Å². The highest BCUT2D eigenvalue weighted by Crippen LogP contribution is 2.35. The molecule has 0 spiro atoms. The predicted octanol–water partition coefficient (Wildman–Crippen LogP) is 3.79. The van der Waals surface area contributed by atoms with E-state index in [0.717, 1.165) is 20.0 Å². The third kappa shape index (κ3) is 2.73. The van der Waals surface area contributed by atoms with E-state index >= 15 is 0 Å². The minimum absolute atomic E-state index is 0.0711. The fourth-order valence-electron chi connectivity index (χ4n) is 1.35. The van der Waals surface area contributed by atoms with Gasteiger partial charge in [0.1, 0.15) is 11.6 Å². The molecule has 0 fully saturated rings. The summed E-state index contributed by atoms with van der Waals surface area (Å²) in [5, 5.41) is 7.37. The van der Waals surface area contributed by atoms with E-state index in [9.17, 15) is 0 Å². The molecule has 3 nitrogen and oxygen atoms in total. The molecule has 1 heterocycles. The van der Waals surface area contributed by atoms with Crippen molar-refractivity contribution in [2.24, 2.45) is 5.73 Å². The molecular formula is C12H11BrN2OS. The lowest BCUT2D eigenvalue weighted by Gasteiger charge is -2.05. The van der Waals surface area contributed by atoms with Crippen molar-refractivity contribution in [3.05, 3.63) is 46.3 Å². The lowest BCUT2D eigenvalue weighted by atomic mass is 10.2. The van der Waals surface area contributed by atoms with Gasteiger partial charge < -0.3 is 10.2 Å². The first-order valence-corrected chi connectivity index (χ1v) is 6.55. The minimum Gasteiger partial charge on any atom is -0.468 e. The SMILES string of the molecule is Cc1occc1Sc1ccc(C(=N)N)cc1Br. The molecule has 0 saturated carbocycles. The molecule has 0 aliphatic rings. The van der Waals surface area contributed by atoms with Crippen LogP contribution in [0, 0.1) is 12.3 Å². The zero-order valence-electron chi connectivity index (χ0n) is 9.16. The molecule has 0 bridgehead atoms. The van der Waals surface area contributed by atoms with Gasteiger partial charge in [-0.1, -0.05) is 17.8 Å². The third-order valence-electron chi connectivity index (χ3n) is 2.27. The Kier molecular flexibility index (Phi) is 3.59. The van der Waals surface area contributed by atoms with Crippen LogP contribution in [0.2, 0.25) is 0 Å². The average Bonchev–Trinajstić information content (AvgIpc) is 2.67. The lowest BCUT2D eigenvalue weighted by Crippen LogP contribution is -2.10. The Bertz CT molecular complexity index is 565. The van der Waals surface area contributed by atoms with Gasteiger partial charge in [-0.15, -0.1) is 0 Å². The van der Waals surface area contributed by atoms with Crippen molar-refractivity contribution in [1.29, 1.82) is 5.41 Å². The number of nitrogens with one attached hydrogen (secondary N) is 1. The topological polar surface area (TPSA) is 63.0 Å². The Morgan fingerprint density at radius 1 is 1.35 bits per heavy atom. The minimum atomic E-state index is 0.0711. The van der Waals surface area contributed by atoms with Crippen LogP contribution >= 0.6 is 27.7 Å².